The molecule has 0 aliphatic carbocycles. The van der Waals surface area contributed by atoms with E-state index in [-0.39, 0.29) is 47.4 Å². The molecule has 4 amide bonds. The van der Waals surface area contributed by atoms with Crippen LogP contribution in [0.25, 0.3) is 0 Å². The summed E-state index contributed by atoms with van der Waals surface area (Å²) in [5.74, 6) is -2.19. The minimum Gasteiger partial charge on any atom is -0.390 e. The Kier molecular flexibility index (Phi) is 10.9. The Labute approximate surface area is 263 Å². The average molecular weight is 635 g/mol. The molecule has 0 unspecified atom stereocenters. The highest BCUT2D eigenvalue weighted by Crippen LogP contribution is 2.23. The molecule has 0 spiro atoms. The maximum absolute atomic E-state index is 13.7. The molecule has 0 aromatic heterocycles. The van der Waals surface area contributed by atoms with Crippen molar-refractivity contribution < 1.29 is 32.7 Å². The lowest BCUT2D eigenvalue weighted by Crippen LogP contribution is -2.52. The molecule has 0 radical (unpaired) electrons. The van der Waals surface area contributed by atoms with Crippen molar-refractivity contribution in [2.24, 2.45) is 5.92 Å². The maximum atomic E-state index is 13.7. The third kappa shape index (κ3) is 8.41. The number of amides is 4. The van der Waals surface area contributed by atoms with Crippen LogP contribution in [0.4, 0.5) is 5.69 Å². The number of carbonyl (C=O) groups is 4. The molecule has 2 atom stereocenters. The topological polar surface area (TPSA) is 153 Å². The Hall–Kier alpha value is -4.39. The van der Waals surface area contributed by atoms with E-state index in [2.05, 4.69) is 10.6 Å². The van der Waals surface area contributed by atoms with Crippen LogP contribution in [0.3, 0.4) is 0 Å². The molecule has 11 nitrogen and oxygen atoms in total. The van der Waals surface area contributed by atoms with Gasteiger partial charge < -0.3 is 15.7 Å². The van der Waals surface area contributed by atoms with Gasteiger partial charge in [-0.2, -0.15) is 4.31 Å². The fourth-order valence-corrected chi connectivity index (χ4v) is 6.80. The lowest BCUT2D eigenvalue weighted by molar-refractivity contribution is -0.123. The summed E-state index contributed by atoms with van der Waals surface area (Å²) in [4.78, 5) is 51.1. The minimum absolute atomic E-state index is 0.0139. The fraction of sp³-hybridized carbons (Fsp3) is 0.333. The Balaban J connectivity index is 1.53. The first kappa shape index (κ1) is 33.5. The molecule has 12 heteroatoms. The van der Waals surface area contributed by atoms with Gasteiger partial charge in [0, 0.05) is 25.7 Å². The summed E-state index contributed by atoms with van der Waals surface area (Å²) in [5.41, 5.74) is 1.83. The van der Waals surface area contributed by atoms with Crippen molar-refractivity contribution >= 4 is 39.3 Å². The third-order valence-corrected chi connectivity index (χ3v) is 9.20. The molecule has 3 aromatic rings. The predicted molar refractivity (Wildman–Crippen MR) is 169 cm³/mol. The van der Waals surface area contributed by atoms with E-state index < -0.39 is 46.4 Å². The zero-order valence-electron chi connectivity index (χ0n) is 25.5. The fourth-order valence-electron chi connectivity index (χ4n) is 5.18. The zero-order chi connectivity index (χ0) is 32.7. The van der Waals surface area contributed by atoms with Crippen molar-refractivity contribution in [1.82, 2.24) is 14.5 Å². The van der Waals surface area contributed by atoms with Crippen LogP contribution in [-0.2, 0) is 26.0 Å². The van der Waals surface area contributed by atoms with Gasteiger partial charge in [0.05, 0.1) is 28.2 Å². The highest BCUT2D eigenvalue weighted by atomic mass is 32.2. The van der Waals surface area contributed by atoms with Gasteiger partial charge in [-0.1, -0.05) is 56.3 Å². The number of carbonyl (C=O) groups excluding carboxylic acids is 4. The lowest BCUT2D eigenvalue weighted by Gasteiger charge is -2.31. The van der Waals surface area contributed by atoms with Gasteiger partial charge in [0.2, 0.25) is 21.8 Å². The van der Waals surface area contributed by atoms with E-state index in [1.807, 2.05) is 44.2 Å². The van der Waals surface area contributed by atoms with Gasteiger partial charge in [-0.3, -0.25) is 24.1 Å². The number of hydrogen-bond donors (Lipinski definition) is 3. The van der Waals surface area contributed by atoms with E-state index in [4.69, 9.17) is 0 Å². The first-order valence-electron chi connectivity index (χ1n) is 14.7. The zero-order valence-corrected chi connectivity index (χ0v) is 26.3. The van der Waals surface area contributed by atoms with Crippen molar-refractivity contribution in [3.8, 4) is 0 Å². The smallest absolute Gasteiger partial charge is 0.262 e. The van der Waals surface area contributed by atoms with Gasteiger partial charge in [0.25, 0.3) is 11.8 Å². The second-order valence-corrected chi connectivity index (χ2v) is 13.4. The average Bonchev–Trinajstić information content (AvgIpc) is 3.23. The normalized spacial score (nSPS) is 14.4. The first-order valence-corrected chi connectivity index (χ1v) is 16.1. The molecule has 1 heterocycles. The van der Waals surface area contributed by atoms with Crippen molar-refractivity contribution in [2.45, 2.75) is 50.7 Å². The van der Waals surface area contributed by atoms with E-state index in [9.17, 15) is 32.7 Å². The molecule has 0 bridgehead atoms. The highest BCUT2D eigenvalue weighted by Gasteiger charge is 2.37. The second kappa shape index (κ2) is 14.6. The SMILES string of the molecule is CC(=O)Nc1ccc(S(=O)(=O)N(CC(C)C)C[C@@H](O)[C@H](CCc2ccccc2)NC(=O)CN2C(=O)c3ccccc3C2=O)cc1. The molecule has 1 aliphatic rings. The second-order valence-electron chi connectivity index (χ2n) is 11.4. The summed E-state index contributed by atoms with van der Waals surface area (Å²) in [7, 11) is -4.08. The third-order valence-electron chi connectivity index (χ3n) is 7.35. The van der Waals surface area contributed by atoms with Crippen LogP contribution in [0.5, 0.6) is 0 Å². The number of hydrogen-bond acceptors (Lipinski definition) is 7. The monoisotopic (exact) mass is 634 g/mol. The molecule has 238 valence electrons. The van der Waals surface area contributed by atoms with Crippen LogP contribution in [0, 0.1) is 5.92 Å². The van der Waals surface area contributed by atoms with E-state index >= 15 is 0 Å². The Morgan fingerprint density at radius 2 is 1.44 bits per heavy atom. The lowest BCUT2D eigenvalue weighted by atomic mass is 10.0. The number of aryl methyl sites for hydroxylation is 1. The largest absolute Gasteiger partial charge is 0.390 e. The molecular weight excluding hydrogens is 596 g/mol. The Morgan fingerprint density at radius 1 is 0.867 bits per heavy atom. The molecule has 3 N–H and O–H groups in total. The molecule has 0 saturated heterocycles. The van der Waals surface area contributed by atoms with E-state index in [0.29, 0.717) is 12.1 Å². The van der Waals surface area contributed by atoms with Gasteiger partial charge in [-0.05, 0) is 60.7 Å². The van der Waals surface area contributed by atoms with Crippen LogP contribution in [0.15, 0.2) is 83.8 Å². The Morgan fingerprint density at radius 3 is 2.00 bits per heavy atom. The summed E-state index contributed by atoms with van der Waals surface area (Å²) in [6, 6.07) is 20.6. The summed E-state index contributed by atoms with van der Waals surface area (Å²) >= 11 is 0. The molecule has 0 fully saturated rings. The van der Waals surface area contributed by atoms with Gasteiger partial charge in [-0.15, -0.1) is 0 Å². The van der Waals surface area contributed by atoms with E-state index in [1.165, 1.54) is 47.6 Å². The number of fused-ring (bicyclic) bond motifs is 1. The Bertz CT molecular complexity index is 1610. The van der Waals surface area contributed by atoms with Crippen LogP contribution < -0.4 is 10.6 Å². The van der Waals surface area contributed by atoms with Crippen molar-refractivity contribution in [3.05, 3.63) is 95.6 Å². The van der Waals surface area contributed by atoms with E-state index in [1.54, 1.807) is 12.1 Å². The molecule has 4 rings (SSSR count). The summed E-state index contributed by atoms with van der Waals surface area (Å²) in [5, 5.41) is 16.8. The number of rotatable bonds is 14. The van der Waals surface area contributed by atoms with Crippen LogP contribution >= 0.6 is 0 Å². The number of nitrogens with zero attached hydrogens (tertiary/aromatic N) is 2. The summed E-state index contributed by atoms with van der Waals surface area (Å²) in [6.45, 7) is 4.29. The van der Waals surface area contributed by atoms with Crippen molar-refractivity contribution in [1.29, 1.82) is 0 Å². The number of anilines is 1. The number of nitrogens with one attached hydrogen (secondary N) is 2. The number of sulfonamides is 1. The molecular formula is C33H38N4O7S. The standard InChI is InChI=1S/C33H38N4O7S/c1-22(2)19-36(45(43,44)26-16-14-25(15-17-26)34-23(3)38)20-30(39)29(18-13-24-9-5-4-6-10-24)35-31(40)21-37-32(41)27-11-7-8-12-28(27)33(37)42/h4-12,14-17,22,29-30,39H,13,18-21H2,1-3H3,(H,34,38)(H,35,40)/t29-,30+/m0/s1. The predicted octanol–water partition coefficient (Wildman–Crippen LogP) is 3.07. The van der Waals surface area contributed by atoms with Gasteiger partial charge in [0.15, 0.2) is 0 Å². The van der Waals surface area contributed by atoms with Crippen molar-refractivity contribution in [2.75, 3.05) is 25.0 Å². The van der Waals surface area contributed by atoms with Gasteiger partial charge in [-0.25, -0.2) is 8.42 Å². The number of aliphatic hydroxyl groups excluding tert-OH is 1. The highest BCUT2D eigenvalue weighted by molar-refractivity contribution is 7.89. The van der Waals surface area contributed by atoms with Gasteiger partial charge in [0.1, 0.15) is 6.54 Å². The van der Waals surface area contributed by atoms with E-state index in [0.717, 1.165) is 10.5 Å². The summed E-state index contributed by atoms with van der Waals surface area (Å²) in [6.07, 6.45) is -0.593. The first-order chi connectivity index (χ1) is 21.4. The van der Waals surface area contributed by atoms with Crippen molar-refractivity contribution in [3.63, 3.8) is 0 Å². The van der Waals surface area contributed by atoms with Crippen LogP contribution in [0.2, 0.25) is 0 Å². The number of benzene rings is 3. The maximum Gasteiger partial charge on any atom is 0.262 e. The summed E-state index contributed by atoms with van der Waals surface area (Å²) < 4.78 is 28.6. The molecule has 3 aromatic carbocycles. The molecule has 0 saturated carbocycles. The minimum atomic E-state index is -4.08. The quantitative estimate of drug-likeness (QED) is 0.231. The molecule has 45 heavy (non-hydrogen) atoms. The number of aliphatic hydroxyl groups is 1. The van der Waals surface area contributed by atoms with Crippen LogP contribution in [-0.4, -0.2) is 78.1 Å². The van der Waals surface area contributed by atoms with Crippen LogP contribution in [0.1, 0.15) is 53.5 Å². The number of imide groups is 1. The molecule has 1 aliphatic heterocycles. The van der Waals surface area contributed by atoms with Gasteiger partial charge >= 0.3 is 0 Å².